The summed E-state index contributed by atoms with van der Waals surface area (Å²) in [5, 5.41) is 10.4. The molecule has 0 saturated heterocycles. The van der Waals surface area contributed by atoms with Crippen LogP contribution in [0.4, 0.5) is 0 Å². The van der Waals surface area contributed by atoms with Crippen molar-refractivity contribution in [3.63, 3.8) is 0 Å². The van der Waals surface area contributed by atoms with E-state index in [1.54, 1.807) is 23.9 Å². The predicted octanol–water partition coefficient (Wildman–Crippen LogP) is 4.82. The Labute approximate surface area is 176 Å². The Hall–Kier alpha value is -2.47. The summed E-state index contributed by atoms with van der Waals surface area (Å²) in [4.78, 5) is 24.1. The maximum atomic E-state index is 11.6. The van der Waals surface area contributed by atoms with Crippen molar-refractivity contribution in [2.75, 3.05) is 19.5 Å². The molecule has 2 aromatic rings. The van der Waals surface area contributed by atoms with Crippen LogP contribution in [0.1, 0.15) is 48.2 Å². The molecule has 0 unspecified atom stereocenters. The second-order valence-corrected chi connectivity index (χ2v) is 7.86. The van der Waals surface area contributed by atoms with Crippen molar-refractivity contribution >= 4 is 23.5 Å². The summed E-state index contributed by atoms with van der Waals surface area (Å²) in [6, 6.07) is 11.3. The van der Waals surface area contributed by atoms with Crippen LogP contribution in [0.3, 0.4) is 0 Å². The Morgan fingerprint density at radius 2 is 1.83 bits per heavy atom. The van der Waals surface area contributed by atoms with Crippen molar-refractivity contribution in [2.24, 2.45) is 0 Å². The SMILES string of the molecule is CCCc1c(OCCCSc2ccc(CC(=O)OC)cc2)ccc(C(C)=O)c1O. The largest absolute Gasteiger partial charge is 0.507 e. The summed E-state index contributed by atoms with van der Waals surface area (Å²) in [7, 11) is 1.39. The topological polar surface area (TPSA) is 72.8 Å². The lowest BCUT2D eigenvalue weighted by atomic mass is 10.0. The van der Waals surface area contributed by atoms with Crippen molar-refractivity contribution in [1.82, 2.24) is 0 Å². The molecule has 0 radical (unpaired) electrons. The number of carbonyl (C=O) groups excluding carboxylic acids is 2. The van der Waals surface area contributed by atoms with Gasteiger partial charge in [0.1, 0.15) is 11.5 Å². The number of rotatable bonds is 11. The molecule has 2 rings (SSSR count). The zero-order valence-electron chi connectivity index (χ0n) is 17.2. The summed E-state index contributed by atoms with van der Waals surface area (Å²) in [5.41, 5.74) is 1.97. The molecule has 0 fully saturated rings. The van der Waals surface area contributed by atoms with E-state index in [4.69, 9.17) is 4.74 Å². The number of methoxy groups -OCH3 is 1. The van der Waals surface area contributed by atoms with Crippen LogP contribution in [0.2, 0.25) is 0 Å². The number of ketones is 1. The quantitative estimate of drug-likeness (QED) is 0.245. The summed E-state index contributed by atoms with van der Waals surface area (Å²) in [6.45, 7) is 4.00. The normalized spacial score (nSPS) is 10.6. The number of carbonyl (C=O) groups is 2. The van der Waals surface area contributed by atoms with E-state index in [0.29, 0.717) is 29.9 Å². The second-order valence-electron chi connectivity index (χ2n) is 6.69. The Morgan fingerprint density at radius 1 is 1.10 bits per heavy atom. The number of ether oxygens (including phenoxy) is 2. The van der Waals surface area contributed by atoms with Crippen LogP contribution in [0, 0.1) is 0 Å². The molecule has 0 saturated carbocycles. The van der Waals surface area contributed by atoms with Crippen LogP contribution in [0.5, 0.6) is 11.5 Å². The van der Waals surface area contributed by atoms with Crippen LogP contribution < -0.4 is 4.74 Å². The van der Waals surface area contributed by atoms with Gasteiger partial charge in [0.25, 0.3) is 0 Å². The zero-order valence-corrected chi connectivity index (χ0v) is 18.0. The molecule has 156 valence electrons. The lowest BCUT2D eigenvalue weighted by Crippen LogP contribution is -2.04. The van der Waals surface area contributed by atoms with Gasteiger partial charge < -0.3 is 14.6 Å². The monoisotopic (exact) mass is 416 g/mol. The molecule has 6 heteroatoms. The lowest BCUT2D eigenvalue weighted by molar-refractivity contribution is -0.139. The first-order valence-electron chi connectivity index (χ1n) is 9.73. The number of phenols is 1. The highest BCUT2D eigenvalue weighted by Gasteiger charge is 2.15. The maximum absolute atomic E-state index is 11.6. The minimum atomic E-state index is -0.243. The molecule has 0 atom stereocenters. The lowest BCUT2D eigenvalue weighted by Gasteiger charge is -2.14. The van der Waals surface area contributed by atoms with Crippen molar-refractivity contribution in [3.05, 3.63) is 53.1 Å². The average Bonchev–Trinajstić information content (AvgIpc) is 2.71. The highest BCUT2D eigenvalue weighted by molar-refractivity contribution is 7.99. The number of benzene rings is 2. The molecule has 0 bridgehead atoms. The Kier molecular flexibility index (Phi) is 9.06. The van der Waals surface area contributed by atoms with Gasteiger partial charge in [-0.25, -0.2) is 0 Å². The molecule has 0 aromatic heterocycles. The zero-order chi connectivity index (χ0) is 21.2. The van der Waals surface area contributed by atoms with Crippen LogP contribution in [-0.2, 0) is 22.4 Å². The van der Waals surface area contributed by atoms with Gasteiger partial charge in [-0.1, -0.05) is 25.5 Å². The van der Waals surface area contributed by atoms with Gasteiger partial charge in [-0.05, 0) is 49.6 Å². The summed E-state index contributed by atoms with van der Waals surface area (Å²) in [5.74, 6) is 1.18. The molecular formula is C23H28O5S. The van der Waals surface area contributed by atoms with E-state index in [2.05, 4.69) is 4.74 Å². The van der Waals surface area contributed by atoms with Crippen molar-refractivity contribution < 1.29 is 24.2 Å². The number of thioether (sulfide) groups is 1. The molecule has 0 aliphatic carbocycles. The molecule has 0 aliphatic rings. The van der Waals surface area contributed by atoms with Gasteiger partial charge in [0.2, 0.25) is 0 Å². The average molecular weight is 417 g/mol. The minimum absolute atomic E-state index is 0.0401. The van der Waals surface area contributed by atoms with E-state index in [1.807, 2.05) is 31.2 Å². The Morgan fingerprint density at radius 3 is 2.45 bits per heavy atom. The van der Waals surface area contributed by atoms with Gasteiger partial charge in [0.15, 0.2) is 5.78 Å². The third-order valence-corrected chi connectivity index (χ3v) is 5.53. The van der Waals surface area contributed by atoms with Crippen molar-refractivity contribution in [2.45, 2.75) is 44.4 Å². The first-order valence-corrected chi connectivity index (χ1v) is 10.7. The number of aromatic hydroxyl groups is 1. The first-order chi connectivity index (χ1) is 14.0. The third kappa shape index (κ3) is 6.82. The van der Waals surface area contributed by atoms with Gasteiger partial charge in [-0.2, -0.15) is 0 Å². The highest BCUT2D eigenvalue weighted by Crippen LogP contribution is 2.33. The van der Waals surface area contributed by atoms with Crippen LogP contribution >= 0.6 is 11.8 Å². The van der Waals surface area contributed by atoms with Crippen LogP contribution in [0.15, 0.2) is 41.3 Å². The summed E-state index contributed by atoms with van der Waals surface area (Å²) in [6.07, 6.45) is 2.64. The highest BCUT2D eigenvalue weighted by atomic mass is 32.2. The van der Waals surface area contributed by atoms with Gasteiger partial charge in [0.05, 0.1) is 25.7 Å². The van der Waals surface area contributed by atoms with E-state index >= 15 is 0 Å². The first kappa shape index (κ1) is 22.8. The van der Waals surface area contributed by atoms with Crippen LogP contribution in [0.25, 0.3) is 0 Å². The molecule has 5 nitrogen and oxygen atoms in total. The van der Waals surface area contributed by atoms with E-state index in [-0.39, 0.29) is 23.9 Å². The molecule has 2 aromatic carbocycles. The van der Waals surface area contributed by atoms with Crippen LogP contribution in [-0.4, -0.2) is 36.3 Å². The molecule has 1 N–H and O–H groups in total. The molecule has 0 aliphatic heterocycles. The van der Waals surface area contributed by atoms with Gasteiger partial charge in [-0.3, -0.25) is 9.59 Å². The fourth-order valence-corrected chi connectivity index (χ4v) is 3.73. The Balaban J connectivity index is 1.84. The molecule has 0 heterocycles. The fraction of sp³-hybridized carbons (Fsp3) is 0.391. The molecule has 0 amide bonds. The minimum Gasteiger partial charge on any atom is -0.507 e. The number of hydrogen-bond donors (Lipinski definition) is 1. The van der Waals surface area contributed by atoms with Gasteiger partial charge in [0, 0.05) is 16.2 Å². The standard InChI is InChI=1S/C23H28O5S/c1-4-6-20-21(12-11-19(16(2)24)23(20)26)28-13-5-14-29-18-9-7-17(8-10-18)15-22(25)27-3/h7-12,26H,4-6,13-15H2,1-3H3. The van der Waals surface area contributed by atoms with Crippen molar-refractivity contribution in [1.29, 1.82) is 0 Å². The number of phenolic OH excluding ortho intramolecular Hbond substituents is 1. The predicted molar refractivity (Wildman–Crippen MR) is 115 cm³/mol. The van der Waals surface area contributed by atoms with Crippen molar-refractivity contribution in [3.8, 4) is 11.5 Å². The fourth-order valence-electron chi connectivity index (χ4n) is 2.90. The maximum Gasteiger partial charge on any atom is 0.309 e. The van der Waals surface area contributed by atoms with E-state index in [0.717, 1.165) is 29.1 Å². The van der Waals surface area contributed by atoms with E-state index < -0.39 is 0 Å². The summed E-state index contributed by atoms with van der Waals surface area (Å²) < 4.78 is 10.6. The molecule has 29 heavy (non-hydrogen) atoms. The van der Waals surface area contributed by atoms with E-state index in [1.165, 1.54) is 14.0 Å². The smallest absolute Gasteiger partial charge is 0.309 e. The van der Waals surface area contributed by atoms with E-state index in [9.17, 15) is 14.7 Å². The second kappa shape index (κ2) is 11.5. The number of esters is 1. The number of hydrogen-bond acceptors (Lipinski definition) is 6. The Bertz CT molecular complexity index is 830. The van der Waals surface area contributed by atoms with Gasteiger partial charge in [-0.15, -0.1) is 11.8 Å². The summed E-state index contributed by atoms with van der Waals surface area (Å²) >= 11 is 1.72. The molecule has 0 spiro atoms. The number of Topliss-reactive ketones (excluding diaryl/α,β-unsaturated/α-hetero) is 1. The molecular weight excluding hydrogens is 388 g/mol. The third-order valence-electron chi connectivity index (χ3n) is 4.43. The van der Waals surface area contributed by atoms with Gasteiger partial charge >= 0.3 is 5.97 Å².